The highest BCUT2D eigenvalue weighted by molar-refractivity contribution is 7.15. The summed E-state index contributed by atoms with van der Waals surface area (Å²) in [5.74, 6) is -0.105. The van der Waals surface area contributed by atoms with Crippen LogP contribution in [0.15, 0.2) is 36.5 Å². The molecule has 5 nitrogen and oxygen atoms in total. The molecule has 0 atom stereocenters. The van der Waals surface area contributed by atoms with E-state index in [2.05, 4.69) is 20.5 Å². The van der Waals surface area contributed by atoms with Crippen LogP contribution in [-0.2, 0) is 17.6 Å². The molecule has 0 bridgehead atoms. The topological polar surface area (TPSA) is 67.8 Å². The monoisotopic (exact) mass is 298 g/mol. The molecule has 1 amide bonds. The van der Waals surface area contributed by atoms with Gasteiger partial charge in [0.25, 0.3) is 0 Å². The summed E-state index contributed by atoms with van der Waals surface area (Å²) in [7, 11) is 0. The minimum atomic E-state index is -0.105. The summed E-state index contributed by atoms with van der Waals surface area (Å²) in [5.41, 5.74) is 1.77. The lowest BCUT2D eigenvalue weighted by molar-refractivity contribution is -0.115. The number of nitrogens with one attached hydrogen (secondary N) is 1. The Labute approximate surface area is 126 Å². The second kappa shape index (κ2) is 5.97. The number of para-hydroxylation sites is 1. The van der Waals surface area contributed by atoms with Gasteiger partial charge in [-0.05, 0) is 18.1 Å². The van der Waals surface area contributed by atoms with Gasteiger partial charge in [-0.25, -0.2) is 0 Å². The van der Waals surface area contributed by atoms with Crippen LogP contribution in [0, 0.1) is 0 Å². The van der Waals surface area contributed by atoms with E-state index in [1.165, 1.54) is 11.3 Å². The molecule has 0 aliphatic carbocycles. The van der Waals surface area contributed by atoms with Gasteiger partial charge in [0.15, 0.2) is 0 Å². The highest BCUT2D eigenvalue weighted by atomic mass is 32.1. The van der Waals surface area contributed by atoms with Crippen molar-refractivity contribution in [2.24, 2.45) is 0 Å². The predicted octanol–water partition coefficient (Wildman–Crippen LogP) is 2.83. The van der Waals surface area contributed by atoms with Gasteiger partial charge in [-0.1, -0.05) is 42.5 Å². The standard InChI is InChI=1S/C15H14N4OS/c1-2-13-18-19-15(21-13)17-12(20)9-11-6-3-5-10-7-4-8-16-14(10)11/h3-8H,2,9H2,1H3,(H,17,19,20). The Morgan fingerprint density at radius 1 is 1.24 bits per heavy atom. The minimum absolute atomic E-state index is 0.105. The van der Waals surface area contributed by atoms with Crippen LogP contribution in [0.25, 0.3) is 10.9 Å². The molecule has 1 aromatic carbocycles. The van der Waals surface area contributed by atoms with E-state index in [-0.39, 0.29) is 12.3 Å². The third kappa shape index (κ3) is 3.05. The zero-order chi connectivity index (χ0) is 14.7. The third-order valence-electron chi connectivity index (χ3n) is 3.08. The van der Waals surface area contributed by atoms with Crippen molar-refractivity contribution >= 4 is 33.3 Å². The number of anilines is 1. The second-order valence-electron chi connectivity index (χ2n) is 4.57. The zero-order valence-corrected chi connectivity index (χ0v) is 12.4. The quantitative estimate of drug-likeness (QED) is 0.804. The van der Waals surface area contributed by atoms with Gasteiger partial charge in [-0.2, -0.15) is 0 Å². The molecule has 0 unspecified atom stereocenters. The molecule has 0 spiro atoms. The largest absolute Gasteiger partial charge is 0.300 e. The van der Waals surface area contributed by atoms with Crippen molar-refractivity contribution in [1.29, 1.82) is 0 Å². The average Bonchev–Trinajstić information content (AvgIpc) is 2.95. The molecule has 0 saturated heterocycles. The van der Waals surface area contributed by atoms with Crippen molar-refractivity contribution in [3.8, 4) is 0 Å². The first kappa shape index (κ1) is 13.6. The number of carbonyl (C=O) groups excluding carboxylic acids is 1. The van der Waals surface area contributed by atoms with Gasteiger partial charge >= 0.3 is 0 Å². The Balaban J connectivity index is 1.77. The number of fused-ring (bicyclic) bond motifs is 1. The van der Waals surface area contributed by atoms with Gasteiger partial charge in [-0.15, -0.1) is 10.2 Å². The van der Waals surface area contributed by atoms with Crippen LogP contribution >= 0.6 is 11.3 Å². The molecule has 2 heterocycles. The summed E-state index contributed by atoms with van der Waals surface area (Å²) in [4.78, 5) is 16.5. The first-order valence-electron chi connectivity index (χ1n) is 6.71. The number of aromatic nitrogens is 3. The first-order valence-corrected chi connectivity index (χ1v) is 7.53. The van der Waals surface area contributed by atoms with Crippen LogP contribution in [0.4, 0.5) is 5.13 Å². The number of pyridine rings is 1. The lowest BCUT2D eigenvalue weighted by Crippen LogP contribution is -2.14. The van der Waals surface area contributed by atoms with E-state index in [1.807, 2.05) is 37.3 Å². The number of hydrogen-bond acceptors (Lipinski definition) is 5. The minimum Gasteiger partial charge on any atom is -0.300 e. The fraction of sp³-hybridized carbons (Fsp3) is 0.200. The summed E-state index contributed by atoms with van der Waals surface area (Å²) in [5, 5.41) is 13.2. The van der Waals surface area contributed by atoms with E-state index in [4.69, 9.17) is 0 Å². The summed E-state index contributed by atoms with van der Waals surface area (Å²) in [6.07, 6.45) is 2.83. The van der Waals surface area contributed by atoms with Crippen molar-refractivity contribution < 1.29 is 4.79 Å². The summed E-state index contributed by atoms with van der Waals surface area (Å²) in [6, 6.07) is 9.73. The number of nitrogens with zero attached hydrogens (tertiary/aromatic N) is 3. The molecule has 0 fully saturated rings. The molecule has 0 saturated carbocycles. The Bertz CT molecular complexity index is 779. The first-order chi connectivity index (χ1) is 10.3. The van der Waals surface area contributed by atoms with Gasteiger partial charge in [0.05, 0.1) is 11.9 Å². The highest BCUT2D eigenvalue weighted by Crippen LogP contribution is 2.18. The van der Waals surface area contributed by atoms with Gasteiger partial charge in [0, 0.05) is 11.6 Å². The van der Waals surface area contributed by atoms with Gasteiger partial charge in [0.1, 0.15) is 5.01 Å². The Morgan fingerprint density at radius 3 is 2.90 bits per heavy atom. The van der Waals surface area contributed by atoms with E-state index >= 15 is 0 Å². The number of benzene rings is 1. The fourth-order valence-corrected chi connectivity index (χ4v) is 2.79. The van der Waals surface area contributed by atoms with Crippen LogP contribution in [-0.4, -0.2) is 21.1 Å². The molecule has 1 N–H and O–H groups in total. The summed E-state index contributed by atoms with van der Waals surface area (Å²) >= 11 is 1.41. The van der Waals surface area contributed by atoms with E-state index in [0.29, 0.717) is 5.13 Å². The lowest BCUT2D eigenvalue weighted by atomic mass is 10.1. The van der Waals surface area contributed by atoms with Crippen LogP contribution < -0.4 is 5.32 Å². The molecular weight excluding hydrogens is 284 g/mol. The maximum atomic E-state index is 12.1. The van der Waals surface area contributed by atoms with Crippen molar-refractivity contribution in [3.05, 3.63) is 47.1 Å². The Kier molecular flexibility index (Phi) is 3.87. The number of rotatable bonds is 4. The van der Waals surface area contributed by atoms with Crippen LogP contribution in [0.3, 0.4) is 0 Å². The van der Waals surface area contributed by atoms with Gasteiger partial charge in [0.2, 0.25) is 11.0 Å². The highest BCUT2D eigenvalue weighted by Gasteiger charge is 2.10. The van der Waals surface area contributed by atoms with Crippen LogP contribution in [0.1, 0.15) is 17.5 Å². The SMILES string of the molecule is CCc1nnc(NC(=O)Cc2cccc3cccnc23)s1. The van der Waals surface area contributed by atoms with Crippen LogP contribution in [0.2, 0.25) is 0 Å². The molecule has 21 heavy (non-hydrogen) atoms. The molecule has 0 aliphatic rings. The number of carbonyl (C=O) groups is 1. The third-order valence-corrected chi connectivity index (χ3v) is 4.07. The van der Waals surface area contributed by atoms with E-state index in [1.54, 1.807) is 6.20 Å². The van der Waals surface area contributed by atoms with Crippen molar-refractivity contribution in [3.63, 3.8) is 0 Å². The number of amides is 1. The van der Waals surface area contributed by atoms with E-state index in [9.17, 15) is 4.79 Å². The zero-order valence-electron chi connectivity index (χ0n) is 11.5. The molecule has 0 aliphatic heterocycles. The molecule has 106 valence electrons. The van der Waals surface area contributed by atoms with Crippen molar-refractivity contribution in [2.75, 3.05) is 5.32 Å². The maximum absolute atomic E-state index is 12.1. The van der Waals surface area contributed by atoms with Gasteiger partial charge < -0.3 is 5.32 Å². The number of hydrogen-bond donors (Lipinski definition) is 1. The van der Waals surface area contributed by atoms with E-state index < -0.39 is 0 Å². The lowest BCUT2D eigenvalue weighted by Gasteiger charge is -2.05. The maximum Gasteiger partial charge on any atom is 0.230 e. The molecule has 2 aromatic heterocycles. The predicted molar refractivity (Wildman–Crippen MR) is 83.4 cm³/mol. The summed E-state index contributed by atoms with van der Waals surface area (Å²) < 4.78 is 0. The van der Waals surface area contributed by atoms with Crippen molar-refractivity contribution in [1.82, 2.24) is 15.2 Å². The molecule has 0 radical (unpaired) electrons. The summed E-state index contributed by atoms with van der Waals surface area (Å²) in [6.45, 7) is 2.01. The number of aryl methyl sites for hydroxylation is 1. The normalized spacial score (nSPS) is 10.7. The van der Waals surface area contributed by atoms with Crippen molar-refractivity contribution in [2.45, 2.75) is 19.8 Å². The molecule has 3 aromatic rings. The van der Waals surface area contributed by atoms with Crippen LogP contribution in [0.5, 0.6) is 0 Å². The van der Waals surface area contributed by atoms with E-state index in [0.717, 1.165) is 27.9 Å². The second-order valence-corrected chi connectivity index (χ2v) is 5.63. The molecule has 6 heteroatoms. The Hall–Kier alpha value is -2.34. The molecular formula is C15H14N4OS. The van der Waals surface area contributed by atoms with Gasteiger partial charge in [-0.3, -0.25) is 9.78 Å². The smallest absolute Gasteiger partial charge is 0.230 e. The Morgan fingerprint density at radius 2 is 2.10 bits per heavy atom. The molecule has 3 rings (SSSR count). The average molecular weight is 298 g/mol. The fourth-order valence-electron chi connectivity index (χ4n) is 2.09.